The molecule has 2 N–H and O–H groups in total. The first-order valence-electron chi connectivity index (χ1n) is 10.5. The molecule has 4 rings (SSSR count). The van der Waals surface area contributed by atoms with E-state index in [1.165, 1.54) is 0 Å². The van der Waals surface area contributed by atoms with E-state index in [1.54, 1.807) is 6.20 Å². The number of nitrogen functional groups attached to an aromatic ring is 1. The van der Waals surface area contributed by atoms with Crippen molar-refractivity contribution in [3.63, 3.8) is 0 Å². The van der Waals surface area contributed by atoms with Crippen molar-refractivity contribution >= 4 is 17.0 Å². The average molecular weight is 463 g/mol. The fourth-order valence-electron chi connectivity index (χ4n) is 3.33. The largest absolute Gasteiger partial charge is 0.611 e. The van der Waals surface area contributed by atoms with Gasteiger partial charge in [-0.2, -0.15) is 0 Å². The summed E-state index contributed by atoms with van der Waals surface area (Å²) in [6.07, 6.45) is 1.59. The lowest BCUT2D eigenvalue weighted by atomic mass is 10.1. The molecule has 0 fully saturated rings. The number of nitrogens with zero attached hydrogens (tertiary/aromatic N) is 5. The van der Waals surface area contributed by atoms with E-state index in [0.717, 1.165) is 28.1 Å². The van der Waals surface area contributed by atoms with Crippen molar-refractivity contribution in [3.05, 3.63) is 60.3 Å². The molecule has 8 nitrogen and oxygen atoms in total. The van der Waals surface area contributed by atoms with E-state index < -0.39 is 11.2 Å². The van der Waals surface area contributed by atoms with Gasteiger partial charge in [0.25, 0.3) is 5.89 Å². The molecule has 0 aliphatic carbocycles. The number of hydrogen-bond donors (Lipinski definition) is 1. The van der Waals surface area contributed by atoms with Gasteiger partial charge in [0, 0.05) is 17.7 Å². The highest BCUT2D eigenvalue weighted by molar-refractivity contribution is 7.92. The lowest BCUT2D eigenvalue weighted by molar-refractivity contribution is 0.402. The van der Waals surface area contributed by atoms with Crippen LogP contribution in [0.1, 0.15) is 19.4 Å². The molecule has 0 saturated carbocycles. The second kappa shape index (κ2) is 9.70. The lowest BCUT2D eigenvalue weighted by Crippen LogP contribution is -2.13. The highest BCUT2D eigenvalue weighted by Gasteiger charge is 2.18. The van der Waals surface area contributed by atoms with Gasteiger partial charge in [-0.1, -0.05) is 12.1 Å². The van der Waals surface area contributed by atoms with Gasteiger partial charge < -0.3 is 19.6 Å². The molecule has 0 aliphatic rings. The van der Waals surface area contributed by atoms with Gasteiger partial charge in [-0.15, -0.1) is 10.2 Å². The zero-order valence-corrected chi connectivity index (χ0v) is 19.8. The van der Waals surface area contributed by atoms with Crippen molar-refractivity contribution in [2.45, 2.75) is 30.5 Å². The van der Waals surface area contributed by atoms with E-state index >= 15 is 0 Å². The third kappa shape index (κ3) is 5.22. The van der Waals surface area contributed by atoms with E-state index in [-0.39, 0.29) is 17.0 Å². The van der Waals surface area contributed by atoms with Gasteiger partial charge in [0.15, 0.2) is 16.4 Å². The Morgan fingerprint density at radius 1 is 1.03 bits per heavy atom. The Labute approximate surface area is 196 Å². The highest BCUT2D eigenvalue weighted by atomic mass is 32.2. The van der Waals surface area contributed by atoms with E-state index in [9.17, 15) is 4.55 Å². The highest BCUT2D eigenvalue weighted by Crippen LogP contribution is 2.29. The summed E-state index contributed by atoms with van der Waals surface area (Å²) < 4.78 is 18.2. The van der Waals surface area contributed by atoms with Crippen LogP contribution in [-0.2, 0) is 17.7 Å². The summed E-state index contributed by atoms with van der Waals surface area (Å²) in [6, 6.07) is 15.4. The topological polar surface area (TPSA) is 117 Å². The van der Waals surface area contributed by atoms with Crippen LogP contribution in [0, 0.1) is 0 Å². The molecule has 0 amide bonds. The molecule has 0 bridgehead atoms. The molecule has 0 spiro atoms. The summed E-state index contributed by atoms with van der Waals surface area (Å²) in [6.45, 7) is 4.66. The van der Waals surface area contributed by atoms with Crippen LogP contribution in [0.25, 0.3) is 34.3 Å². The summed E-state index contributed by atoms with van der Waals surface area (Å²) in [5.41, 5.74) is 9.79. The monoisotopic (exact) mass is 462 g/mol. The Hall–Kier alpha value is -3.27. The number of hydrogen-bond acceptors (Lipinski definition) is 8. The molecule has 4 aromatic rings. The minimum atomic E-state index is -1.05. The van der Waals surface area contributed by atoms with Gasteiger partial charge in [-0.05, 0) is 81.1 Å². The number of benzene rings is 2. The van der Waals surface area contributed by atoms with Crippen molar-refractivity contribution < 1.29 is 8.97 Å². The maximum Gasteiger partial charge on any atom is 0.270 e. The molecule has 1 unspecified atom stereocenters. The minimum absolute atomic E-state index is 0.0501. The Kier molecular flexibility index (Phi) is 6.73. The zero-order valence-electron chi connectivity index (χ0n) is 19.0. The average Bonchev–Trinajstić information content (AvgIpc) is 3.29. The smallest absolute Gasteiger partial charge is 0.270 e. The predicted octanol–water partition coefficient (Wildman–Crippen LogP) is 4.02. The fraction of sp³-hybridized carbons (Fsp3) is 0.250. The number of rotatable bonds is 7. The van der Waals surface area contributed by atoms with Crippen molar-refractivity contribution in [1.29, 1.82) is 0 Å². The Bertz CT molecular complexity index is 1240. The molecular formula is C24H26N6O2S. The van der Waals surface area contributed by atoms with Crippen molar-refractivity contribution in [3.8, 4) is 34.3 Å². The number of nitrogens with two attached hydrogens (primary N) is 1. The van der Waals surface area contributed by atoms with E-state index in [4.69, 9.17) is 10.2 Å². The van der Waals surface area contributed by atoms with E-state index in [1.807, 2.05) is 70.4 Å². The zero-order chi connectivity index (χ0) is 23.5. The standard InChI is InChI=1S/C24H26N6O2S/c1-15(2)33(31)19-10-8-17(9-11-19)20-13-26-22(25)21(27-20)24-29-28-23(32-24)18-7-5-6-16(12-18)14-30(3)4/h5-13,15H,14H2,1-4H3,(H2,25,26). The van der Waals surface area contributed by atoms with Crippen LogP contribution in [0.5, 0.6) is 0 Å². The molecule has 1 atom stereocenters. The summed E-state index contributed by atoms with van der Waals surface area (Å²) in [5.74, 6) is 0.790. The van der Waals surface area contributed by atoms with Crippen LogP contribution in [0.4, 0.5) is 5.82 Å². The van der Waals surface area contributed by atoms with Gasteiger partial charge >= 0.3 is 0 Å². The molecule has 2 aromatic heterocycles. The fourth-order valence-corrected chi connectivity index (χ4v) is 4.28. The van der Waals surface area contributed by atoms with Gasteiger partial charge in [0.2, 0.25) is 5.89 Å². The van der Waals surface area contributed by atoms with Crippen LogP contribution in [-0.4, -0.2) is 49.0 Å². The maximum atomic E-state index is 12.3. The van der Waals surface area contributed by atoms with Gasteiger partial charge in [0.1, 0.15) is 5.25 Å². The van der Waals surface area contributed by atoms with E-state index in [2.05, 4.69) is 31.1 Å². The van der Waals surface area contributed by atoms with Crippen LogP contribution < -0.4 is 5.73 Å². The SMILES string of the molecule is CC(C)[S+]([O-])c1ccc(-c2cnc(N)c(-c3nnc(-c4cccc(CN(C)C)c4)o3)n2)cc1. The van der Waals surface area contributed by atoms with E-state index in [0.29, 0.717) is 17.3 Å². The first kappa shape index (κ1) is 22.9. The molecule has 2 aromatic carbocycles. The van der Waals surface area contributed by atoms with Crippen LogP contribution in [0.3, 0.4) is 0 Å². The lowest BCUT2D eigenvalue weighted by Gasteiger charge is -2.14. The third-order valence-electron chi connectivity index (χ3n) is 4.91. The molecular weight excluding hydrogens is 436 g/mol. The number of anilines is 1. The number of aromatic nitrogens is 4. The van der Waals surface area contributed by atoms with Crippen LogP contribution in [0.15, 0.2) is 64.0 Å². The minimum Gasteiger partial charge on any atom is -0.611 e. The Balaban J connectivity index is 1.62. The van der Waals surface area contributed by atoms with Crippen LogP contribution >= 0.6 is 0 Å². The second-order valence-corrected chi connectivity index (χ2v) is 10.2. The first-order valence-corrected chi connectivity index (χ1v) is 11.7. The summed E-state index contributed by atoms with van der Waals surface area (Å²) in [4.78, 5) is 11.8. The van der Waals surface area contributed by atoms with Crippen LogP contribution in [0.2, 0.25) is 0 Å². The third-order valence-corrected chi connectivity index (χ3v) is 6.50. The molecule has 0 saturated heterocycles. The molecule has 2 heterocycles. The van der Waals surface area contributed by atoms with Gasteiger partial charge in [-0.25, -0.2) is 9.97 Å². The summed E-state index contributed by atoms with van der Waals surface area (Å²) >= 11 is -1.05. The molecule has 0 radical (unpaired) electrons. The maximum absolute atomic E-state index is 12.3. The predicted molar refractivity (Wildman–Crippen MR) is 130 cm³/mol. The first-order chi connectivity index (χ1) is 15.8. The Morgan fingerprint density at radius 2 is 1.76 bits per heavy atom. The molecule has 0 aliphatic heterocycles. The molecule has 170 valence electrons. The second-order valence-electron chi connectivity index (χ2n) is 8.21. The van der Waals surface area contributed by atoms with Gasteiger partial charge in [-0.3, -0.25) is 0 Å². The molecule has 33 heavy (non-hydrogen) atoms. The van der Waals surface area contributed by atoms with Crippen molar-refractivity contribution in [2.24, 2.45) is 0 Å². The normalized spacial score (nSPS) is 12.5. The van der Waals surface area contributed by atoms with Crippen molar-refractivity contribution in [2.75, 3.05) is 19.8 Å². The molecule has 9 heteroatoms. The quantitative estimate of drug-likeness (QED) is 0.409. The summed E-state index contributed by atoms with van der Waals surface area (Å²) in [5, 5.41) is 8.39. The Morgan fingerprint density at radius 3 is 2.45 bits per heavy atom. The van der Waals surface area contributed by atoms with Gasteiger partial charge in [0.05, 0.1) is 11.9 Å². The summed E-state index contributed by atoms with van der Waals surface area (Å²) in [7, 11) is 4.03. The van der Waals surface area contributed by atoms with Crippen molar-refractivity contribution in [1.82, 2.24) is 25.1 Å².